The van der Waals surface area contributed by atoms with Crippen LogP contribution >= 0.6 is 34.2 Å². The molecule has 3 aromatic rings. The highest BCUT2D eigenvalue weighted by molar-refractivity contribution is 14.1. The Labute approximate surface area is 237 Å². The number of nitrogens with one attached hydrogen (secondary N) is 1. The number of fused-ring (bicyclic) bond motifs is 1. The number of pyridine rings is 1. The van der Waals surface area contributed by atoms with Crippen LogP contribution in [0.15, 0.2) is 30.7 Å². The van der Waals surface area contributed by atoms with Gasteiger partial charge in [-0.05, 0) is 68.3 Å². The van der Waals surface area contributed by atoms with Crippen LogP contribution in [0.2, 0.25) is 5.15 Å². The number of carboxylic acid groups (broad SMARTS) is 1. The molecule has 2 aliphatic heterocycles. The Morgan fingerprint density at radius 3 is 2.65 bits per heavy atom. The summed E-state index contributed by atoms with van der Waals surface area (Å²) in [5.41, 5.74) is 1.47. The minimum Gasteiger partial charge on any atom is -0.598 e. The zero-order valence-electron chi connectivity index (χ0n) is 20.8. The summed E-state index contributed by atoms with van der Waals surface area (Å²) >= 11 is 6.96. The second-order valence-electron chi connectivity index (χ2n) is 10.6. The molecule has 37 heavy (non-hydrogen) atoms. The molecular formula is C24H29ClIN7O3S. The van der Waals surface area contributed by atoms with Gasteiger partial charge in [-0.2, -0.15) is 0 Å². The first kappa shape index (κ1) is 26.7. The molecular weight excluding hydrogens is 629 g/mol. The number of carboxylic acids is 1. The maximum absolute atomic E-state index is 13.1. The smallest absolute Gasteiger partial charge is 0.355 e. The van der Waals surface area contributed by atoms with E-state index in [1.54, 1.807) is 12.4 Å². The summed E-state index contributed by atoms with van der Waals surface area (Å²) in [5.74, 6) is -0.486. The van der Waals surface area contributed by atoms with E-state index in [-0.39, 0.29) is 21.9 Å². The van der Waals surface area contributed by atoms with E-state index in [1.165, 1.54) is 0 Å². The third-order valence-electron chi connectivity index (χ3n) is 7.25. The third-order valence-corrected chi connectivity index (χ3v) is 10.1. The van der Waals surface area contributed by atoms with Crippen LogP contribution in [-0.2, 0) is 11.4 Å². The predicted molar refractivity (Wildman–Crippen MR) is 153 cm³/mol. The SMILES string of the molecule is CC(C)(C)[S+]([O-])NC1CN(c2ccnc(Cl)c2)CC12CCN(c1nc(C(=O)O)c(I)c3nccn13)CC2. The van der Waals surface area contributed by atoms with E-state index in [0.717, 1.165) is 25.1 Å². The van der Waals surface area contributed by atoms with Gasteiger partial charge in [0, 0.05) is 67.2 Å². The van der Waals surface area contributed by atoms with Crippen LogP contribution in [0.5, 0.6) is 0 Å². The fraction of sp³-hybridized carbons (Fsp3) is 0.500. The number of anilines is 2. The molecule has 0 radical (unpaired) electrons. The molecule has 2 atom stereocenters. The predicted octanol–water partition coefficient (Wildman–Crippen LogP) is 3.61. The number of hydrogen-bond donors (Lipinski definition) is 2. The first-order chi connectivity index (χ1) is 17.5. The normalized spacial score (nSPS) is 20.6. The number of aromatic nitrogens is 4. The summed E-state index contributed by atoms with van der Waals surface area (Å²) in [6.45, 7) is 8.79. The van der Waals surface area contributed by atoms with E-state index in [9.17, 15) is 14.5 Å². The van der Waals surface area contributed by atoms with E-state index in [0.29, 0.717) is 40.0 Å². The van der Waals surface area contributed by atoms with Gasteiger partial charge in [0.05, 0.1) is 9.61 Å². The van der Waals surface area contributed by atoms with Gasteiger partial charge in [-0.3, -0.25) is 4.40 Å². The lowest BCUT2D eigenvalue weighted by Gasteiger charge is -2.43. The summed E-state index contributed by atoms with van der Waals surface area (Å²) in [4.78, 5) is 29.3. The quantitative estimate of drug-likeness (QED) is 0.241. The Hall–Kier alpha value is -1.87. The average molecular weight is 658 g/mol. The molecule has 0 saturated carbocycles. The molecule has 0 bridgehead atoms. The fourth-order valence-corrected chi connectivity index (χ4v) is 7.04. The first-order valence-corrected chi connectivity index (χ1v) is 14.6. The maximum atomic E-state index is 13.1. The number of imidazole rings is 1. The zero-order chi connectivity index (χ0) is 26.5. The third kappa shape index (κ3) is 5.10. The zero-order valence-corrected chi connectivity index (χ0v) is 24.5. The molecule has 1 spiro atoms. The van der Waals surface area contributed by atoms with Crippen LogP contribution in [0.3, 0.4) is 0 Å². The lowest BCUT2D eigenvalue weighted by molar-refractivity contribution is 0.0689. The van der Waals surface area contributed by atoms with Crippen LogP contribution < -0.4 is 14.5 Å². The highest BCUT2D eigenvalue weighted by Crippen LogP contribution is 2.44. The van der Waals surface area contributed by atoms with Crippen molar-refractivity contribution in [3.63, 3.8) is 0 Å². The minimum absolute atomic E-state index is 0.00849. The van der Waals surface area contributed by atoms with Crippen molar-refractivity contribution in [1.82, 2.24) is 24.1 Å². The van der Waals surface area contributed by atoms with Crippen molar-refractivity contribution >= 4 is 68.8 Å². The number of aromatic carboxylic acids is 1. The Bertz CT molecular complexity index is 1330. The van der Waals surface area contributed by atoms with Gasteiger partial charge < -0.3 is 19.5 Å². The highest BCUT2D eigenvalue weighted by atomic mass is 127. The van der Waals surface area contributed by atoms with Gasteiger partial charge >= 0.3 is 5.97 Å². The minimum atomic E-state index is -1.22. The van der Waals surface area contributed by atoms with Gasteiger partial charge in [0.25, 0.3) is 0 Å². The first-order valence-electron chi connectivity index (χ1n) is 12.0. The molecule has 0 aromatic carbocycles. The lowest BCUT2D eigenvalue weighted by atomic mass is 9.75. The summed E-state index contributed by atoms with van der Waals surface area (Å²) in [6, 6.07) is 3.83. The molecule has 13 heteroatoms. The largest absolute Gasteiger partial charge is 0.598 e. The Morgan fingerprint density at radius 2 is 2.00 bits per heavy atom. The number of carbonyl (C=O) groups is 1. The van der Waals surface area contributed by atoms with Gasteiger partial charge in [-0.15, -0.1) is 4.72 Å². The van der Waals surface area contributed by atoms with Crippen molar-refractivity contribution in [2.75, 3.05) is 36.0 Å². The van der Waals surface area contributed by atoms with E-state index < -0.39 is 17.3 Å². The summed E-state index contributed by atoms with van der Waals surface area (Å²) in [6.07, 6.45) is 6.84. The summed E-state index contributed by atoms with van der Waals surface area (Å²) in [5, 5.41) is 10.2. The molecule has 0 aliphatic carbocycles. The molecule has 2 aliphatic rings. The van der Waals surface area contributed by atoms with Crippen LogP contribution in [0.1, 0.15) is 44.1 Å². The van der Waals surface area contributed by atoms with Crippen molar-refractivity contribution in [1.29, 1.82) is 0 Å². The molecule has 5 heterocycles. The van der Waals surface area contributed by atoms with E-state index in [2.05, 4.69) is 29.5 Å². The monoisotopic (exact) mass is 657 g/mol. The van der Waals surface area contributed by atoms with Crippen molar-refractivity contribution in [3.8, 4) is 0 Å². The Kier molecular flexibility index (Phi) is 7.24. The standard InChI is InChI=1S/C24H29ClIN7O3S/c1-23(2,3)37(36)30-16-13-32(15-4-7-27-17(25)12-15)14-24(16)5-9-31(10-6-24)22-29-19(21(34)35)18(26)20-28-8-11-33(20)22/h4,7-8,11-12,16,30H,5-6,9-10,13-14H2,1-3H3,(H,34,35). The van der Waals surface area contributed by atoms with E-state index in [1.807, 2.05) is 66.1 Å². The van der Waals surface area contributed by atoms with Gasteiger partial charge in [-0.1, -0.05) is 11.6 Å². The highest BCUT2D eigenvalue weighted by Gasteiger charge is 2.51. The second kappa shape index (κ2) is 10.0. The summed E-state index contributed by atoms with van der Waals surface area (Å²) in [7, 11) is 0. The topological polar surface area (TPSA) is 122 Å². The maximum Gasteiger partial charge on any atom is 0.355 e. The van der Waals surface area contributed by atoms with E-state index >= 15 is 0 Å². The average Bonchev–Trinajstić information content (AvgIpc) is 3.46. The van der Waals surface area contributed by atoms with Crippen molar-refractivity contribution in [2.45, 2.75) is 44.4 Å². The molecule has 5 rings (SSSR count). The Balaban J connectivity index is 1.43. The number of rotatable bonds is 5. The number of nitrogens with zero attached hydrogens (tertiary/aromatic N) is 6. The molecule has 3 aromatic heterocycles. The second-order valence-corrected chi connectivity index (χ2v) is 14.1. The molecule has 0 amide bonds. The number of hydrogen-bond acceptors (Lipinski definition) is 8. The van der Waals surface area contributed by atoms with Crippen molar-refractivity contribution in [2.24, 2.45) is 5.41 Å². The van der Waals surface area contributed by atoms with Gasteiger partial charge in [0.1, 0.15) is 9.90 Å². The number of halogens is 2. The molecule has 198 valence electrons. The molecule has 2 saturated heterocycles. The molecule has 2 unspecified atom stereocenters. The molecule has 2 N–H and O–H groups in total. The van der Waals surface area contributed by atoms with Crippen LogP contribution in [0.25, 0.3) is 5.65 Å². The van der Waals surface area contributed by atoms with Crippen LogP contribution in [0.4, 0.5) is 11.6 Å². The van der Waals surface area contributed by atoms with Crippen molar-refractivity contribution in [3.05, 3.63) is 45.1 Å². The Morgan fingerprint density at radius 1 is 1.27 bits per heavy atom. The fourth-order valence-electron chi connectivity index (χ4n) is 5.18. The van der Waals surface area contributed by atoms with Gasteiger partial charge in [0.15, 0.2) is 11.3 Å². The van der Waals surface area contributed by atoms with Crippen LogP contribution in [0, 0.1) is 8.99 Å². The molecule has 2 fully saturated rings. The number of piperidine rings is 1. The van der Waals surface area contributed by atoms with Crippen LogP contribution in [-0.4, -0.2) is 71.9 Å². The van der Waals surface area contributed by atoms with E-state index in [4.69, 9.17) is 11.6 Å². The summed E-state index contributed by atoms with van der Waals surface area (Å²) < 4.78 is 18.6. The van der Waals surface area contributed by atoms with Gasteiger partial charge in [0.2, 0.25) is 5.95 Å². The van der Waals surface area contributed by atoms with Crippen molar-refractivity contribution < 1.29 is 14.5 Å². The lowest BCUT2D eigenvalue weighted by Crippen LogP contribution is -2.55. The molecule has 10 nitrogen and oxygen atoms in total. The van der Waals surface area contributed by atoms with Gasteiger partial charge in [-0.25, -0.2) is 19.7 Å².